The second-order valence-electron chi connectivity index (χ2n) is 11.6. The molecule has 220 valence electrons. The lowest BCUT2D eigenvalue weighted by atomic mass is 10.1. The maximum atomic E-state index is 13.5. The predicted molar refractivity (Wildman–Crippen MR) is 160 cm³/mol. The molecule has 0 saturated carbocycles. The van der Waals surface area contributed by atoms with Crippen molar-refractivity contribution in [1.29, 1.82) is 0 Å². The van der Waals surface area contributed by atoms with Crippen molar-refractivity contribution in [2.75, 3.05) is 33.2 Å². The number of phenolic OH excluding ortho intramolecular Hbond substituents is 1. The van der Waals surface area contributed by atoms with Crippen LogP contribution >= 0.6 is 0 Å². The van der Waals surface area contributed by atoms with Crippen molar-refractivity contribution in [3.05, 3.63) is 82.5 Å². The number of carbonyl (C=O) groups is 2. The molecule has 3 N–H and O–H groups in total. The maximum absolute atomic E-state index is 13.5. The average molecular weight is 572 g/mol. The van der Waals surface area contributed by atoms with Crippen molar-refractivity contribution in [3.8, 4) is 17.2 Å². The van der Waals surface area contributed by atoms with Crippen LogP contribution in [0.3, 0.4) is 0 Å². The number of hydrogen-bond donors (Lipinski definition) is 3. The Morgan fingerprint density at radius 2 is 1.86 bits per heavy atom. The van der Waals surface area contributed by atoms with E-state index >= 15 is 0 Å². The predicted octanol–water partition coefficient (Wildman–Crippen LogP) is 3.85. The maximum Gasteiger partial charge on any atom is 0.280 e. The number of aldehydes is 1. The molecule has 0 aliphatic carbocycles. The second-order valence-corrected chi connectivity index (χ2v) is 11.6. The topological polar surface area (TPSA) is 123 Å². The Kier molecular flexibility index (Phi) is 8.31. The number of aryl methyl sites for hydroxylation is 1. The highest BCUT2D eigenvalue weighted by Gasteiger charge is 2.20. The molecule has 0 unspecified atom stereocenters. The Balaban J connectivity index is 1.49. The number of hydrogen-bond acceptors (Lipinski definition) is 7. The molecule has 3 aromatic carbocycles. The Bertz CT molecular complexity index is 1690. The molecule has 10 nitrogen and oxygen atoms in total. The number of rotatable bonds is 8. The number of nitrogens with zero attached hydrogens (tertiary/aromatic N) is 4. The third-order valence-corrected chi connectivity index (χ3v) is 7.30. The number of benzene rings is 3. The summed E-state index contributed by atoms with van der Waals surface area (Å²) in [5.41, 5.74) is 3.16. The number of phenols is 1. The third-order valence-electron chi connectivity index (χ3n) is 7.30. The van der Waals surface area contributed by atoms with Crippen LogP contribution in [-0.2, 0) is 13.1 Å². The van der Waals surface area contributed by atoms with Crippen LogP contribution in [0.5, 0.6) is 17.2 Å². The number of aromatic hydroxyl groups is 1. The van der Waals surface area contributed by atoms with Crippen LogP contribution in [0.4, 0.5) is 0 Å². The number of nitrogens with one attached hydrogen (secondary N) is 1. The molecular formula is C32H37N5O5. The Hall–Kier alpha value is -4.25. The van der Waals surface area contributed by atoms with Gasteiger partial charge in [-0.3, -0.25) is 14.5 Å². The van der Waals surface area contributed by atoms with E-state index in [1.807, 2.05) is 17.6 Å². The molecule has 0 spiro atoms. The number of aromatic nitrogens is 2. The minimum atomic E-state index is -1.05. The van der Waals surface area contributed by atoms with E-state index in [4.69, 9.17) is 4.74 Å². The van der Waals surface area contributed by atoms with E-state index in [0.717, 1.165) is 54.9 Å². The first-order chi connectivity index (χ1) is 20.0. The number of aliphatic hydroxyl groups is 1. The van der Waals surface area contributed by atoms with Gasteiger partial charge in [-0.15, -0.1) is 0 Å². The van der Waals surface area contributed by atoms with Crippen molar-refractivity contribution in [2.24, 2.45) is 4.99 Å². The van der Waals surface area contributed by atoms with Crippen LogP contribution in [0.25, 0.3) is 11.0 Å². The van der Waals surface area contributed by atoms with Crippen LogP contribution in [0, 0.1) is 6.92 Å². The summed E-state index contributed by atoms with van der Waals surface area (Å²) >= 11 is 0. The van der Waals surface area contributed by atoms with Gasteiger partial charge in [-0.1, -0.05) is 12.1 Å². The molecule has 0 radical (unpaired) electrons. The molecule has 10 heteroatoms. The summed E-state index contributed by atoms with van der Waals surface area (Å²) in [6.07, 6.45) is 0.524. The van der Waals surface area contributed by atoms with Crippen molar-refractivity contribution in [1.82, 2.24) is 19.4 Å². The highest BCUT2D eigenvalue weighted by molar-refractivity contribution is 5.95. The zero-order valence-corrected chi connectivity index (χ0v) is 24.4. The fourth-order valence-corrected chi connectivity index (χ4v) is 5.16. The fraction of sp³-hybridized carbons (Fsp3) is 0.344. The number of imidazole rings is 1. The highest BCUT2D eigenvalue weighted by atomic mass is 16.5. The molecular weight excluding hydrogens is 534 g/mol. The lowest BCUT2D eigenvalue weighted by Gasteiger charge is -2.32. The molecule has 42 heavy (non-hydrogen) atoms. The quantitative estimate of drug-likeness (QED) is 0.275. The normalized spacial score (nSPS) is 15.3. The molecule has 0 bridgehead atoms. The third kappa shape index (κ3) is 6.79. The molecule has 1 aromatic heterocycles. The largest absolute Gasteiger partial charge is 0.507 e. The summed E-state index contributed by atoms with van der Waals surface area (Å²) in [6, 6.07) is 15.7. The van der Waals surface area contributed by atoms with E-state index in [9.17, 15) is 19.8 Å². The highest BCUT2D eigenvalue weighted by Crippen LogP contribution is 2.31. The summed E-state index contributed by atoms with van der Waals surface area (Å²) in [7, 11) is 2.14. The monoisotopic (exact) mass is 571 g/mol. The number of likely N-dealkylation sites (N-methyl/N-ethyl adjacent to an activating group) is 1. The lowest BCUT2D eigenvalue weighted by molar-refractivity contribution is 0.0612. The Morgan fingerprint density at radius 3 is 2.57 bits per heavy atom. The van der Waals surface area contributed by atoms with Gasteiger partial charge in [-0.25, -0.2) is 0 Å². The van der Waals surface area contributed by atoms with E-state index in [0.29, 0.717) is 23.2 Å². The van der Waals surface area contributed by atoms with Gasteiger partial charge < -0.3 is 29.4 Å². The minimum absolute atomic E-state index is 0.0225. The van der Waals surface area contributed by atoms with E-state index in [1.54, 1.807) is 44.2 Å². The van der Waals surface area contributed by atoms with Gasteiger partial charge >= 0.3 is 0 Å². The first-order valence-corrected chi connectivity index (χ1v) is 14.0. The van der Waals surface area contributed by atoms with Crippen LogP contribution < -0.4 is 10.4 Å². The van der Waals surface area contributed by atoms with E-state index in [2.05, 4.69) is 39.0 Å². The van der Waals surface area contributed by atoms with Gasteiger partial charge in [0, 0.05) is 38.3 Å². The zero-order valence-electron chi connectivity index (χ0n) is 24.4. The van der Waals surface area contributed by atoms with Crippen LogP contribution in [0.1, 0.15) is 45.7 Å². The van der Waals surface area contributed by atoms with Gasteiger partial charge in [0.25, 0.3) is 5.91 Å². The minimum Gasteiger partial charge on any atom is -0.507 e. The summed E-state index contributed by atoms with van der Waals surface area (Å²) in [4.78, 5) is 37.4. The van der Waals surface area contributed by atoms with Crippen molar-refractivity contribution >= 4 is 23.2 Å². The first-order valence-electron chi connectivity index (χ1n) is 14.0. The lowest BCUT2D eigenvalue weighted by Crippen LogP contribution is -2.43. The van der Waals surface area contributed by atoms with Crippen LogP contribution in [-0.4, -0.2) is 80.6 Å². The SMILES string of the molecule is Cc1cc(Oc2cccc(O)c2C=O)cc(C(=O)/N=c2\[nH]c3ccc(CN4CCN(C)CC4)cc3n2CC(C)(C)O)c1. The number of piperazine rings is 1. The molecule has 2 heterocycles. The van der Waals surface area contributed by atoms with Crippen LogP contribution in [0.2, 0.25) is 0 Å². The van der Waals surface area contributed by atoms with Gasteiger partial charge in [-0.2, -0.15) is 4.99 Å². The standard InChI is InChI=1S/C32H37N5O5/c1-21-14-23(17-24(15-21)42-29-7-5-6-28(39)25(29)19-38)30(40)34-31-33-26-9-8-22(18-36-12-10-35(4)11-13-36)16-27(26)37(31)20-32(2,3)41/h5-9,14-17,19,39,41H,10-13,18,20H2,1-4H3,(H,33,34,40). The smallest absolute Gasteiger partial charge is 0.280 e. The Morgan fingerprint density at radius 1 is 1.10 bits per heavy atom. The number of fused-ring (bicyclic) bond motifs is 1. The number of aromatic amines is 1. The molecule has 0 atom stereocenters. The summed E-state index contributed by atoms with van der Waals surface area (Å²) < 4.78 is 7.73. The summed E-state index contributed by atoms with van der Waals surface area (Å²) in [6.45, 7) is 10.4. The van der Waals surface area contributed by atoms with Gasteiger partial charge in [0.1, 0.15) is 17.2 Å². The Labute approximate surface area is 244 Å². The molecule has 1 aliphatic rings. The van der Waals surface area contributed by atoms with E-state index in [1.165, 1.54) is 6.07 Å². The number of ether oxygens (including phenoxy) is 1. The zero-order chi connectivity index (χ0) is 30.0. The molecule has 1 aliphatic heterocycles. The molecule has 4 aromatic rings. The van der Waals surface area contributed by atoms with Crippen molar-refractivity contribution < 1.29 is 24.5 Å². The summed E-state index contributed by atoms with van der Waals surface area (Å²) in [5, 5.41) is 20.7. The number of H-pyrrole nitrogens is 1. The number of carbonyl (C=O) groups excluding carboxylic acids is 2. The van der Waals surface area contributed by atoms with Gasteiger partial charge in [0.15, 0.2) is 6.29 Å². The molecule has 5 rings (SSSR count). The van der Waals surface area contributed by atoms with Gasteiger partial charge in [-0.05, 0) is 81.4 Å². The van der Waals surface area contributed by atoms with Gasteiger partial charge in [0.05, 0.1) is 28.7 Å². The van der Waals surface area contributed by atoms with Crippen molar-refractivity contribution in [2.45, 2.75) is 39.5 Å². The first kappa shape index (κ1) is 29.2. The molecule has 1 fully saturated rings. The van der Waals surface area contributed by atoms with Crippen molar-refractivity contribution in [3.63, 3.8) is 0 Å². The van der Waals surface area contributed by atoms with Crippen LogP contribution in [0.15, 0.2) is 59.6 Å². The van der Waals surface area contributed by atoms with Gasteiger partial charge in [0.2, 0.25) is 5.62 Å². The van der Waals surface area contributed by atoms with E-state index < -0.39 is 11.5 Å². The number of amides is 1. The van der Waals surface area contributed by atoms with E-state index in [-0.39, 0.29) is 23.6 Å². The molecule has 1 amide bonds. The summed E-state index contributed by atoms with van der Waals surface area (Å²) in [5.74, 6) is -0.180. The second kappa shape index (κ2) is 11.9. The average Bonchev–Trinajstić information content (AvgIpc) is 3.24. The molecule has 1 saturated heterocycles. The fourth-order valence-electron chi connectivity index (χ4n) is 5.16.